The van der Waals surface area contributed by atoms with Crippen LogP contribution in [-0.4, -0.2) is 53.8 Å². The lowest BCUT2D eigenvalue weighted by atomic mass is 9.83. The average Bonchev–Trinajstić information content (AvgIpc) is 2.36. The van der Waals surface area contributed by atoms with Gasteiger partial charge in [-0.3, -0.25) is 9.59 Å². The third-order valence-corrected chi connectivity index (χ3v) is 3.36. The maximum absolute atomic E-state index is 12.0. The van der Waals surface area contributed by atoms with E-state index >= 15 is 0 Å². The molecule has 1 saturated heterocycles. The summed E-state index contributed by atoms with van der Waals surface area (Å²) in [4.78, 5) is 36.1. The molecule has 120 valence electrons. The Morgan fingerprint density at radius 1 is 1.29 bits per heavy atom. The van der Waals surface area contributed by atoms with Gasteiger partial charge in [0.05, 0.1) is 19.4 Å². The van der Waals surface area contributed by atoms with Crippen molar-refractivity contribution in [2.24, 2.45) is 11.8 Å². The van der Waals surface area contributed by atoms with E-state index < -0.39 is 35.5 Å². The third-order valence-electron chi connectivity index (χ3n) is 3.36. The molecule has 1 aliphatic heterocycles. The van der Waals surface area contributed by atoms with Crippen molar-refractivity contribution in [3.05, 3.63) is 0 Å². The number of methoxy groups -OCH3 is 1. The van der Waals surface area contributed by atoms with Crippen LogP contribution in [0.4, 0.5) is 4.79 Å². The highest BCUT2D eigenvalue weighted by Crippen LogP contribution is 2.28. The zero-order valence-corrected chi connectivity index (χ0v) is 12.9. The van der Waals surface area contributed by atoms with Gasteiger partial charge < -0.3 is 19.5 Å². The quantitative estimate of drug-likeness (QED) is 0.794. The van der Waals surface area contributed by atoms with Crippen LogP contribution in [0, 0.1) is 11.8 Å². The van der Waals surface area contributed by atoms with Crippen molar-refractivity contribution in [2.75, 3.05) is 20.2 Å². The Kier molecular flexibility index (Phi) is 5.57. The first-order chi connectivity index (χ1) is 9.64. The number of hydrogen-bond acceptors (Lipinski definition) is 5. The van der Waals surface area contributed by atoms with Gasteiger partial charge in [0.2, 0.25) is 0 Å². The molecule has 0 aromatic rings. The summed E-state index contributed by atoms with van der Waals surface area (Å²) in [7, 11) is 1.26. The van der Waals surface area contributed by atoms with Gasteiger partial charge in [-0.05, 0) is 27.2 Å². The minimum atomic E-state index is -0.951. The third kappa shape index (κ3) is 5.24. The molecule has 1 heterocycles. The van der Waals surface area contributed by atoms with Gasteiger partial charge in [-0.25, -0.2) is 4.79 Å². The normalized spacial score (nSPS) is 22.6. The van der Waals surface area contributed by atoms with Crippen molar-refractivity contribution in [1.82, 2.24) is 4.90 Å². The summed E-state index contributed by atoms with van der Waals surface area (Å²) in [6.45, 7) is 5.78. The topological polar surface area (TPSA) is 93.1 Å². The van der Waals surface area contributed by atoms with E-state index in [1.54, 1.807) is 20.8 Å². The van der Waals surface area contributed by atoms with Gasteiger partial charge in [0.1, 0.15) is 5.60 Å². The number of amides is 1. The number of aliphatic carboxylic acids is 1. The minimum Gasteiger partial charge on any atom is -0.481 e. The predicted octanol–water partition coefficient (Wildman–Crippen LogP) is 1.51. The van der Waals surface area contributed by atoms with Crippen LogP contribution in [0.2, 0.25) is 0 Å². The number of piperidine rings is 1. The number of carbonyl (C=O) groups excluding carboxylic acids is 2. The van der Waals surface area contributed by atoms with Gasteiger partial charge in [-0.15, -0.1) is 0 Å². The van der Waals surface area contributed by atoms with E-state index in [4.69, 9.17) is 4.74 Å². The van der Waals surface area contributed by atoms with Crippen molar-refractivity contribution in [3.8, 4) is 0 Å². The number of rotatable bonds is 3. The molecule has 0 aromatic carbocycles. The zero-order chi connectivity index (χ0) is 16.2. The van der Waals surface area contributed by atoms with E-state index in [1.165, 1.54) is 12.0 Å². The van der Waals surface area contributed by atoms with Gasteiger partial charge in [0.15, 0.2) is 0 Å². The van der Waals surface area contributed by atoms with E-state index in [1.807, 2.05) is 0 Å². The molecule has 7 nitrogen and oxygen atoms in total. The van der Waals surface area contributed by atoms with Gasteiger partial charge in [0.25, 0.3) is 0 Å². The lowest BCUT2D eigenvalue weighted by Gasteiger charge is -2.36. The number of esters is 1. The molecule has 1 amide bonds. The molecule has 0 unspecified atom stereocenters. The van der Waals surface area contributed by atoms with Crippen molar-refractivity contribution in [1.29, 1.82) is 0 Å². The van der Waals surface area contributed by atoms with Gasteiger partial charge in [-0.1, -0.05) is 0 Å². The van der Waals surface area contributed by atoms with Crippen LogP contribution in [0.3, 0.4) is 0 Å². The first-order valence-corrected chi connectivity index (χ1v) is 6.91. The second-order valence-electron chi connectivity index (χ2n) is 6.20. The summed E-state index contributed by atoms with van der Waals surface area (Å²) in [6.07, 6.45) is -0.204. The fourth-order valence-corrected chi connectivity index (χ4v) is 2.35. The summed E-state index contributed by atoms with van der Waals surface area (Å²) < 4.78 is 9.87. The van der Waals surface area contributed by atoms with Crippen LogP contribution in [-0.2, 0) is 19.1 Å². The molecule has 0 aromatic heterocycles. The average molecular weight is 301 g/mol. The molecule has 0 spiro atoms. The Hall–Kier alpha value is -1.79. The summed E-state index contributed by atoms with van der Waals surface area (Å²) in [5.74, 6) is -2.54. The maximum atomic E-state index is 12.0. The lowest BCUT2D eigenvalue weighted by molar-refractivity contribution is -0.149. The van der Waals surface area contributed by atoms with E-state index in [0.717, 1.165) is 0 Å². The summed E-state index contributed by atoms with van der Waals surface area (Å²) in [5, 5.41) is 9.22. The highest BCUT2D eigenvalue weighted by atomic mass is 16.6. The first kappa shape index (κ1) is 17.3. The number of nitrogens with zero attached hydrogens (tertiary/aromatic N) is 1. The van der Waals surface area contributed by atoms with Crippen molar-refractivity contribution in [2.45, 2.75) is 39.2 Å². The molecule has 1 N–H and O–H groups in total. The molecular formula is C14H23NO6. The van der Waals surface area contributed by atoms with Crippen LogP contribution in [0.25, 0.3) is 0 Å². The number of carboxylic acid groups (broad SMARTS) is 1. The van der Waals surface area contributed by atoms with Gasteiger partial charge >= 0.3 is 18.0 Å². The Labute approximate surface area is 124 Å². The Bertz CT molecular complexity index is 414. The number of carbonyl (C=O) groups is 3. The molecule has 0 radical (unpaired) electrons. The Morgan fingerprint density at radius 2 is 1.90 bits per heavy atom. The van der Waals surface area contributed by atoms with Crippen LogP contribution in [0.5, 0.6) is 0 Å². The molecular weight excluding hydrogens is 278 g/mol. The van der Waals surface area contributed by atoms with Gasteiger partial charge in [0, 0.05) is 19.0 Å². The lowest BCUT2D eigenvalue weighted by Crippen LogP contribution is -2.48. The number of ether oxygens (including phenoxy) is 2. The van der Waals surface area contributed by atoms with Crippen LogP contribution in [0.1, 0.15) is 33.6 Å². The fraction of sp³-hybridized carbons (Fsp3) is 0.786. The van der Waals surface area contributed by atoms with Crippen LogP contribution < -0.4 is 0 Å². The maximum Gasteiger partial charge on any atom is 0.410 e. The van der Waals surface area contributed by atoms with Crippen LogP contribution >= 0.6 is 0 Å². The molecule has 21 heavy (non-hydrogen) atoms. The zero-order valence-electron chi connectivity index (χ0n) is 12.9. The largest absolute Gasteiger partial charge is 0.481 e. The number of likely N-dealkylation sites (tertiary alicyclic amines) is 1. The Morgan fingerprint density at radius 3 is 2.38 bits per heavy atom. The summed E-state index contributed by atoms with van der Waals surface area (Å²) in [5.41, 5.74) is -0.613. The van der Waals surface area contributed by atoms with E-state index in [9.17, 15) is 19.5 Å². The summed E-state index contributed by atoms with van der Waals surface area (Å²) >= 11 is 0. The molecule has 7 heteroatoms. The van der Waals surface area contributed by atoms with Crippen LogP contribution in [0.15, 0.2) is 0 Å². The first-order valence-electron chi connectivity index (χ1n) is 6.91. The second kappa shape index (κ2) is 6.78. The SMILES string of the molecule is COC(=O)C[C@H]1CN(C(=O)OC(C)(C)C)CC[C@H]1C(=O)O. The molecule has 1 aliphatic rings. The molecule has 0 saturated carbocycles. The Balaban J connectivity index is 2.74. The predicted molar refractivity (Wildman–Crippen MR) is 73.7 cm³/mol. The van der Waals surface area contributed by atoms with Crippen molar-refractivity contribution < 1.29 is 29.0 Å². The fourth-order valence-electron chi connectivity index (χ4n) is 2.35. The molecule has 1 rings (SSSR count). The standard InChI is InChI=1S/C14H23NO6/c1-14(2,3)21-13(19)15-6-5-10(12(17)18)9(8-15)7-11(16)20-4/h9-10H,5-8H2,1-4H3,(H,17,18)/t9-,10+/m0/s1. The molecule has 1 fully saturated rings. The monoisotopic (exact) mass is 301 g/mol. The van der Waals surface area contributed by atoms with Crippen molar-refractivity contribution in [3.63, 3.8) is 0 Å². The molecule has 0 aliphatic carbocycles. The van der Waals surface area contributed by atoms with E-state index in [2.05, 4.69) is 4.74 Å². The highest BCUT2D eigenvalue weighted by molar-refractivity contribution is 5.75. The summed E-state index contributed by atoms with van der Waals surface area (Å²) in [6, 6.07) is 0. The second-order valence-corrected chi connectivity index (χ2v) is 6.20. The smallest absolute Gasteiger partial charge is 0.410 e. The minimum absolute atomic E-state index is 0.0211. The van der Waals surface area contributed by atoms with E-state index in [-0.39, 0.29) is 13.0 Å². The highest BCUT2D eigenvalue weighted by Gasteiger charge is 2.38. The number of carboxylic acids is 1. The van der Waals surface area contributed by atoms with E-state index in [0.29, 0.717) is 13.0 Å². The molecule has 2 atom stereocenters. The number of hydrogen-bond donors (Lipinski definition) is 1. The van der Waals surface area contributed by atoms with Gasteiger partial charge in [-0.2, -0.15) is 0 Å². The van der Waals surface area contributed by atoms with Crippen molar-refractivity contribution >= 4 is 18.0 Å². The molecule has 0 bridgehead atoms.